The van der Waals surface area contributed by atoms with Crippen molar-refractivity contribution in [2.75, 3.05) is 4.90 Å². The van der Waals surface area contributed by atoms with Gasteiger partial charge in [0.15, 0.2) is 0 Å². The zero-order valence-electron chi connectivity index (χ0n) is 32.3. The Morgan fingerprint density at radius 3 is 1.79 bits per heavy atom. The molecule has 0 saturated carbocycles. The molecule has 7 aromatic rings. The molecule has 0 spiro atoms. The van der Waals surface area contributed by atoms with Crippen molar-refractivity contribution in [1.82, 2.24) is 0 Å². The van der Waals surface area contributed by atoms with Crippen LogP contribution in [0.2, 0.25) is 0 Å². The third kappa shape index (κ3) is 4.62. The summed E-state index contributed by atoms with van der Waals surface area (Å²) in [6.45, 7) is 23.3. The number of rotatable bonds is 3. The first-order valence-corrected chi connectivity index (χ1v) is 18.9. The fourth-order valence-corrected chi connectivity index (χ4v) is 9.32. The highest BCUT2D eigenvalue weighted by molar-refractivity contribution is 6.09. The van der Waals surface area contributed by atoms with Crippen LogP contribution in [0.25, 0.3) is 44.2 Å². The van der Waals surface area contributed by atoms with Crippen LogP contribution >= 0.6 is 0 Å². The Labute approximate surface area is 309 Å². The predicted octanol–water partition coefficient (Wildman–Crippen LogP) is 14.3. The van der Waals surface area contributed by atoms with Gasteiger partial charge in [-0.1, -0.05) is 142 Å². The second-order valence-corrected chi connectivity index (χ2v) is 18.3. The van der Waals surface area contributed by atoms with Gasteiger partial charge in [-0.15, -0.1) is 0 Å². The van der Waals surface area contributed by atoms with Crippen molar-refractivity contribution in [3.8, 4) is 22.3 Å². The quantitative estimate of drug-likeness (QED) is 0.185. The molecule has 0 aliphatic heterocycles. The number of benzene rings is 6. The van der Waals surface area contributed by atoms with Gasteiger partial charge in [0.2, 0.25) is 0 Å². The van der Waals surface area contributed by atoms with E-state index in [-0.39, 0.29) is 21.7 Å². The van der Waals surface area contributed by atoms with E-state index < -0.39 is 0 Å². The lowest BCUT2D eigenvalue weighted by Crippen LogP contribution is -2.21. The molecule has 52 heavy (non-hydrogen) atoms. The Hall–Kier alpha value is -5.08. The van der Waals surface area contributed by atoms with E-state index in [1.54, 1.807) is 0 Å². The van der Waals surface area contributed by atoms with Gasteiger partial charge < -0.3 is 9.32 Å². The number of fused-ring (bicyclic) bond motifs is 9. The monoisotopic (exact) mass is 679 g/mol. The minimum atomic E-state index is -0.178. The second kappa shape index (κ2) is 10.7. The third-order valence-corrected chi connectivity index (χ3v) is 12.1. The molecular weight excluding hydrogens is 631 g/mol. The number of furan rings is 1. The lowest BCUT2D eigenvalue weighted by atomic mass is 9.79. The van der Waals surface area contributed by atoms with Crippen LogP contribution in [0.4, 0.5) is 17.1 Å². The fourth-order valence-electron chi connectivity index (χ4n) is 9.32. The summed E-state index contributed by atoms with van der Waals surface area (Å²) < 4.78 is 6.72. The van der Waals surface area contributed by atoms with Crippen LogP contribution in [-0.2, 0) is 21.7 Å². The first kappa shape index (κ1) is 32.8. The van der Waals surface area contributed by atoms with E-state index in [2.05, 4.69) is 189 Å². The third-order valence-electron chi connectivity index (χ3n) is 12.1. The van der Waals surface area contributed by atoms with Crippen LogP contribution in [0.1, 0.15) is 103 Å². The molecule has 0 atom stereocenters. The average Bonchev–Trinajstić information content (AvgIpc) is 3.67. The highest BCUT2D eigenvalue weighted by atomic mass is 16.3. The maximum Gasteiger partial charge on any atom is 0.136 e. The Morgan fingerprint density at radius 2 is 1.10 bits per heavy atom. The topological polar surface area (TPSA) is 16.4 Å². The summed E-state index contributed by atoms with van der Waals surface area (Å²) in [4.78, 5) is 2.52. The summed E-state index contributed by atoms with van der Waals surface area (Å²) in [7, 11) is 0. The molecule has 2 aliphatic rings. The van der Waals surface area contributed by atoms with Crippen LogP contribution in [0.5, 0.6) is 0 Å². The average molecular weight is 680 g/mol. The summed E-state index contributed by atoms with van der Waals surface area (Å²) in [5.41, 5.74) is 18.5. The number of nitrogens with zero attached hydrogens (tertiary/aromatic N) is 1. The van der Waals surface area contributed by atoms with E-state index in [1.807, 2.05) is 0 Å². The molecule has 0 radical (unpaired) electrons. The highest BCUT2D eigenvalue weighted by Crippen LogP contribution is 2.56. The van der Waals surface area contributed by atoms with E-state index in [0.717, 1.165) is 27.9 Å². The van der Waals surface area contributed by atoms with Gasteiger partial charge in [-0.25, -0.2) is 0 Å². The zero-order chi connectivity index (χ0) is 36.5. The smallest absolute Gasteiger partial charge is 0.136 e. The van der Waals surface area contributed by atoms with Gasteiger partial charge in [0.05, 0.1) is 5.69 Å². The molecule has 0 saturated heterocycles. The summed E-state index contributed by atoms with van der Waals surface area (Å²) in [5, 5.41) is 2.38. The van der Waals surface area contributed by atoms with Gasteiger partial charge in [0, 0.05) is 33.0 Å². The maximum atomic E-state index is 6.72. The first-order valence-electron chi connectivity index (χ1n) is 18.9. The van der Waals surface area contributed by atoms with Gasteiger partial charge in [0.1, 0.15) is 11.2 Å². The molecule has 9 rings (SSSR count). The molecule has 0 amide bonds. The van der Waals surface area contributed by atoms with Crippen LogP contribution in [0.15, 0.2) is 120 Å². The molecule has 0 N–H and O–H groups in total. The molecule has 260 valence electrons. The standard InChI is InChI=1S/C50H49NO/c1-47(2,3)30-26-41(48(4,5)6)45-37-28-31(23-25-43(37)52-44(45)27-30)51(32-22-24-35-33-16-11-13-19-38(33)49(7,8)40(35)29-32)42-21-15-18-36-34-17-12-14-20-39(34)50(9,10)46(36)42/h11-29H,1-10H3. The van der Waals surface area contributed by atoms with Crippen molar-refractivity contribution in [3.05, 3.63) is 149 Å². The zero-order valence-corrected chi connectivity index (χ0v) is 32.3. The molecule has 6 aromatic carbocycles. The van der Waals surface area contributed by atoms with E-state index in [0.29, 0.717) is 0 Å². The van der Waals surface area contributed by atoms with Gasteiger partial charge >= 0.3 is 0 Å². The van der Waals surface area contributed by atoms with Gasteiger partial charge in [-0.2, -0.15) is 0 Å². The predicted molar refractivity (Wildman–Crippen MR) is 221 cm³/mol. The second-order valence-electron chi connectivity index (χ2n) is 18.3. The minimum absolute atomic E-state index is 0.00813. The molecule has 1 heterocycles. The van der Waals surface area contributed by atoms with Crippen molar-refractivity contribution in [3.63, 3.8) is 0 Å². The van der Waals surface area contributed by atoms with Gasteiger partial charge in [-0.05, 0) is 109 Å². The largest absolute Gasteiger partial charge is 0.456 e. The van der Waals surface area contributed by atoms with Crippen molar-refractivity contribution >= 4 is 39.0 Å². The molecule has 2 aliphatic carbocycles. The van der Waals surface area contributed by atoms with Crippen LogP contribution < -0.4 is 4.90 Å². The SMILES string of the molecule is CC(C)(C)c1cc(C(C)(C)C)c2c(c1)oc1ccc(N(c3ccc4c(c3)C(C)(C)c3ccccc3-4)c3cccc4c3C(C)(C)c3ccccc3-4)cc12. The summed E-state index contributed by atoms with van der Waals surface area (Å²) in [6, 6.07) is 43.4. The normalized spacial score (nSPS) is 15.4. The van der Waals surface area contributed by atoms with Crippen molar-refractivity contribution in [2.24, 2.45) is 0 Å². The maximum absolute atomic E-state index is 6.72. The highest BCUT2D eigenvalue weighted by Gasteiger charge is 2.40. The van der Waals surface area contributed by atoms with E-state index in [9.17, 15) is 0 Å². The van der Waals surface area contributed by atoms with Gasteiger partial charge in [0.25, 0.3) is 0 Å². The number of anilines is 3. The molecule has 0 bridgehead atoms. The summed E-state index contributed by atoms with van der Waals surface area (Å²) >= 11 is 0. The Morgan fingerprint density at radius 1 is 0.500 bits per heavy atom. The van der Waals surface area contributed by atoms with Crippen LogP contribution in [0.3, 0.4) is 0 Å². The molecule has 0 fully saturated rings. The Balaban J connectivity index is 1.33. The van der Waals surface area contributed by atoms with Crippen molar-refractivity contribution in [2.45, 2.75) is 90.9 Å². The molecular formula is C50H49NO. The van der Waals surface area contributed by atoms with E-state index in [1.165, 1.54) is 66.7 Å². The molecule has 1 aromatic heterocycles. The lowest BCUT2D eigenvalue weighted by molar-refractivity contribution is 0.569. The van der Waals surface area contributed by atoms with Crippen molar-refractivity contribution in [1.29, 1.82) is 0 Å². The Kier molecular flexibility index (Phi) is 6.77. The van der Waals surface area contributed by atoms with E-state index in [4.69, 9.17) is 4.42 Å². The van der Waals surface area contributed by atoms with Crippen molar-refractivity contribution < 1.29 is 4.42 Å². The molecule has 2 heteroatoms. The molecule has 2 nitrogen and oxygen atoms in total. The lowest BCUT2D eigenvalue weighted by Gasteiger charge is -2.33. The summed E-state index contributed by atoms with van der Waals surface area (Å²) in [6.07, 6.45) is 0. The number of hydrogen-bond acceptors (Lipinski definition) is 2. The Bertz CT molecular complexity index is 2600. The van der Waals surface area contributed by atoms with E-state index >= 15 is 0 Å². The van der Waals surface area contributed by atoms with Gasteiger partial charge in [-0.3, -0.25) is 0 Å². The number of hydrogen-bond donors (Lipinski definition) is 0. The molecule has 0 unspecified atom stereocenters. The van der Waals surface area contributed by atoms with Crippen LogP contribution in [0, 0.1) is 0 Å². The fraction of sp³-hybridized carbons (Fsp3) is 0.280. The summed E-state index contributed by atoms with van der Waals surface area (Å²) in [5.74, 6) is 0. The first-order chi connectivity index (χ1) is 24.6. The minimum Gasteiger partial charge on any atom is -0.456 e. The van der Waals surface area contributed by atoms with Crippen LogP contribution in [-0.4, -0.2) is 0 Å².